The van der Waals surface area contributed by atoms with Gasteiger partial charge in [0.25, 0.3) is 0 Å². The van der Waals surface area contributed by atoms with Crippen LogP contribution in [0.2, 0.25) is 5.02 Å². The van der Waals surface area contributed by atoms with Crippen molar-refractivity contribution in [3.8, 4) is 0 Å². The van der Waals surface area contributed by atoms with Crippen LogP contribution in [0.15, 0.2) is 18.2 Å². The summed E-state index contributed by atoms with van der Waals surface area (Å²) in [6.45, 7) is 6.03. The van der Waals surface area contributed by atoms with Gasteiger partial charge in [-0.1, -0.05) is 38.4 Å². The van der Waals surface area contributed by atoms with Crippen LogP contribution in [0.3, 0.4) is 0 Å². The van der Waals surface area contributed by atoms with Crippen molar-refractivity contribution in [1.29, 1.82) is 0 Å². The zero-order chi connectivity index (χ0) is 10.1. The summed E-state index contributed by atoms with van der Waals surface area (Å²) in [7, 11) is 0. The zero-order valence-electron chi connectivity index (χ0n) is 8.20. The molecule has 0 aliphatic carbocycles. The Labute approximate surface area is 83.7 Å². The summed E-state index contributed by atoms with van der Waals surface area (Å²) in [4.78, 5) is 0. The van der Waals surface area contributed by atoms with Gasteiger partial charge in [-0.15, -0.1) is 0 Å². The van der Waals surface area contributed by atoms with Crippen molar-refractivity contribution in [2.75, 3.05) is 0 Å². The third kappa shape index (κ3) is 2.02. The molecular formula is C11H14ClF. The van der Waals surface area contributed by atoms with E-state index in [1.165, 1.54) is 6.07 Å². The van der Waals surface area contributed by atoms with Gasteiger partial charge >= 0.3 is 0 Å². The Hall–Kier alpha value is -0.560. The number of hydrogen-bond acceptors (Lipinski definition) is 0. The van der Waals surface area contributed by atoms with Crippen molar-refractivity contribution in [2.45, 2.75) is 32.6 Å². The molecule has 0 amide bonds. The second-order valence-corrected chi connectivity index (χ2v) is 4.24. The summed E-state index contributed by atoms with van der Waals surface area (Å²) in [6.07, 6.45) is 0.869. The molecule has 2 heteroatoms. The third-order valence-corrected chi connectivity index (χ3v) is 2.84. The van der Waals surface area contributed by atoms with Crippen LogP contribution in [-0.2, 0) is 5.41 Å². The maximum atomic E-state index is 13.4. The van der Waals surface area contributed by atoms with Crippen LogP contribution in [0.5, 0.6) is 0 Å². The van der Waals surface area contributed by atoms with Crippen molar-refractivity contribution in [3.63, 3.8) is 0 Å². The van der Waals surface area contributed by atoms with E-state index < -0.39 is 0 Å². The molecule has 0 heterocycles. The van der Waals surface area contributed by atoms with Gasteiger partial charge in [0.2, 0.25) is 0 Å². The van der Waals surface area contributed by atoms with Gasteiger partial charge in [0, 0.05) is 10.6 Å². The second kappa shape index (κ2) is 3.67. The number of rotatable bonds is 2. The molecular weight excluding hydrogens is 187 g/mol. The molecule has 0 nitrogen and oxygen atoms in total. The molecule has 1 aromatic carbocycles. The molecule has 0 aliphatic rings. The number of hydrogen-bond donors (Lipinski definition) is 0. The zero-order valence-corrected chi connectivity index (χ0v) is 8.95. The fourth-order valence-corrected chi connectivity index (χ4v) is 1.74. The van der Waals surface area contributed by atoms with E-state index >= 15 is 0 Å². The Balaban J connectivity index is 3.28. The predicted octanol–water partition coefficient (Wildman–Crippen LogP) is 4.17. The first kappa shape index (κ1) is 10.5. The summed E-state index contributed by atoms with van der Waals surface area (Å²) >= 11 is 5.95. The summed E-state index contributed by atoms with van der Waals surface area (Å²) in [5, 5.41) is 0.520. The SMILES string of the molecule is CCC(C)(C)c1c(F)cccc1Cl. The van der Waals surface area contributed by atoms with E-state index in [2.05, 4.69) is 0 Å². The highest BCUT2D eigenvalue weighted by atomic mass is 35.5. The van der Waals surface area contributed by atoms with Gasteiger partial charge in [0.15, 0.2) is 0 Å². The lowest BCUT2D eigenvalue weighted by Gasteiger charge is -2.24. The molecule has 1 aromatic rings. The highest BCUT2D eigenvalue weighted by molar-refractivity contribution is 6.31. The summed E-state index contributed by atoms with van der Waals surface area (Å²) in [5.74, 6) is -0.209. The quantitative estimate of drug-likeness (QED) is 0.672. The van der Waals surface area contributed by atoms with Gasteiger partial charge < -0.3 is 0 Å². The molecule has 0 spiro atoms. The Morgan fingerprint density at radius 3 is 2.46 bits per heavy atom. The van der Waals surface area contributed by atoms with Crippen LogP contribution in [-0.4, -0.2) is 0 Å². The average molecular weight is 201 g/mol. The smallest absolute Gasteiger partial charge is 0.128 e. The van der Waals surface area contributed by atoms with Gasteiger partial charge in [-0.2, -0.15) is 0 Å². The first-order valence-corrected chi connectivity index (χ1v) is 4.81. The van der Waals surface area contributed by atoms with Crippen LogP contribution in [0.1, 0.15) is 32.8 Å². The standard InChI is InChI=1S/C11H14ClF/c1-4-11(2,3)10-8(12)6-5-7-9(10)13/h5-7H,4H2,1-3H3. The molecule has 1 rings (SSSR count). The van der Waals surface area contributed by atoms with E-state index in [1.807, 2.05) is 20.8 Å². The Morgan fingerprint density at radius 1 is 1.38 bits per heavy atom. The second-order valence-electron chi connectivity index (χ2n) is 3.83. The lowest BCUT2D eigenvalue weighted by atomic mass is 9.82. The molecule has 0 atom stereocenters. The van der Waals surface area contributed by atoms with Crippen molar-refractivity contribution < 1.29 is 4.39 Å². The van der Waals surface area contributed by atoms with E-state index in [0.717, 1.165) is 6.42 Å². The first-order chi connectivity index (χ1) is 5.99. The topological polar surface area (TPSA) is 0 Å². The van der Waals surface area contributed by atoms with Crippen molar-refractivity contribution >= 4 is 11.6 Å². The molecule has 0 aromatic heterocycles. The molecule has 0 unspecified atom stereocenters. The highest BCUT2D eigenvalue weighted by Gasteiger charge is 2.24. The monoisotopic (exact) mass is 200 g/mol. The summed E-state index contributed by atoms with van der Waals surface area (Å²) in [6, 6.07) is 4.82. The Kier molecular flexibility index (Phi) is 2.97. The Bertz CT molecular complexity index is 285. The fraction of sp³-hybridized carbons (Fsp3) is 0.455. The van der Waals surface area contributed by atoms with Crippen LogP contribution < -0.4 is 0 Å². The molecule has 13 heavy (non-hydrogen) atoms. The maximum Gasteiger partial charge on any atom is 0.128 e. The van der Waals surface area contributed by atoms with Crippen LogP contribution in [0.25, 0.3) is 0 Å². The van der Waals surface area contributed by atoms with E-state index in [4.69, 9.17) is 11.6 Å². The Morgan fingerprint density at radius 2 is 2.00 bits per heavy atom. The molecule has 0 N–H and O–H groups in total. The van der Waals surface area contributed by atoms with Gasteiger partial charge in [-0.3, -0.25) is 0 Å². The lowest BCUT2D eigenvalue weighted by molar-refractivity contribution is 0.469. The molecule has 0 saturated heterocycles. The maximum absolute atomic E-state index is 13.4. The normalized spacial score (nSPS) is 11.8. The van der Waals surface area contributed by atoms with Gasteiger partial charge in [-0.05, 0) is 24.0 Å². The molecule has 0 aliphatic heterocycles. The van der Waals surface area contributed by atoms with Gasteiger partial charge in [0.1, 0.15) is 5.82 Å². The summed E-state index contributed by atoms with van der Waals surface area (Å²) < 4.78 is 13.4. The van der Waals surface area contributed by atoms with E-state index in [0.29, 0.717) is 10.6 Å². The minimum atomic E-state index is -0.209. The molecule has 0 bridgehead atoms. The minimum Gasteiger partial charge on any atom is -0.207 e. The number of halogens is 2. The van der Waals surface area contributed by atoms with E-state index in [-0.39, 0.29) is 11.2 Å². The third-order valence-electron chi connectivity index (χ3n) is 2.52. The predicted molar refractivity (Wildman–Crippen MR) is 54.7 cm³/mol. The van der Waals surface area contributed by atoms with Crippen LogP contribution in [0.4, 0.5) is 4.39 Å². The first-order valence-electron chi connectivity index (χ1n) is 4.43. The van der Waals surface area contributed by atoms with Crippen molar-refractivity contribution in [2.24, 2.45) is 0 Å². The minimum absolute atomic E-state index is 0.192. The highest BCUT2D eigenvalue weighted by Crippen LogP contribution is 2.34. The molecule has 0 saturated carbocycles. The molecule has 0 radical (unpaired) electrons. The van der Waals surface area contributed by atoms with Crippen molar-refractivity contribution in [1.82, 2.24) is 0 Å². The average Bonchev–Trinajstić information content (AvgIpc) is 2.03. The van der Waals surface area contributed by atoms with Crippen LogP contribution in [0, 0.1) is 5.82 Å². The number of benzene rings is 1. The lowest BCUT2D eigenvalue weighted by Crippen LogP contribution is -2.18. The van der Waals surface area contributed by atoms with Crippen molar-refractivity contribution in [3.05, 3.63) is 34.6 Å². The molecule has 72 valence electrons. The summed E-state index contributed by atoms with van der Waals surface area (Å²) in [5.41, 5.74) is 0.432. The van der Waals surface area contributed by atoms with E-state index in [9.17, 15) is 4.39 Å². The van der Waals surface area contributed by atoms with E-state index in [1.54, 1.807) is 12.1 Å². The van der Waals surface area contributed by atoms with Crippen LogP contribution >= 0.6 is 11.6 Å². The molecule has 0 fully saturated rings. The largest absolute Gasteiger partial charge is 0.207 e. The van der Waals surface area contributed by atoms with Gasteiger partial charge in [0.05, 0.1) is 0 Å². The van der Waals surface area contributed by atoms with Gasteiger partial charge in [-0.25, -0.2) is 4.39 Å². The fourth-order valence-electron chi connectivity index (χ4n) is 1.32.